The fourth-order valence-corrected chi connectivity index (χ4v) is 2.31. The summed E-state index contributed by atoms with van der Waals surface area (Å²) in [4.78, 5) is 25.6. The molecule has 0 bridgehead atoms. The highest BCUT2D eigenvalue weighted by Crippen LogP contribution is 2.34. The molecule has 2 rings (SSSR count). The predicted octanol–water partition coefficient (Wildman–Crippen LogP) is 2.54. The van der Waals surface area contributed by atoms with Crippen molar-refractivity contribution < 1.29 is 24.2 Å². The summed E-state index contributed by atoms with van der Waals surface area (Å²) < 4.78 is 9.50. The van der Waals surface area contributed by atoms with E-state index in [1.165, 1.54) is 43.4 Å². The molecule has 0 aliphatic carbocycles. The Bertz CT molecular complexity index is 736. The van der Waals surface area contributed by atoms with Crippen LogP contribution in [0.1, 0.15) is 0 Å². The van der Waals surface area contributed by atoms with E-state index in [0.29, 0.717) is 5.69 Å². The van der Waals surface area contributed by atoms with Crippen LogP contribution in [0.15, 0.2) is 53.9 Å². The first-order valence-electron chi connectivity index (χ1n) is 6.53. The number of phenolic OH excluding ortho intramolecular Hbond substituents is 1. The highest BCUT2D eigenvalue weighted by molar-refractivity contribution is 6.33. The monoisotopic (exact) mass is 335 g/mol. The molecule has 7 heteroatoms. The van der Waals surface area contributed by atoms with Gasteiger partial charge < -0.3 is 19.5 Å². The fraction of sp³-hybridized carbons (Fsp3) is 0.125. The molecule has 0 aromatic heterocycles. The second kappa shape index (κ2) is 7.02. The summed E-state index contributed by atoms with van der Waals surface area (Å²) in [5, 5.41) is 9.68. The van der Waals surface area contributed by atoms with Gasteiger partial charge in [0.15, 0.2) is 0 Å². The lowest BCUT2D eigenvalue weighted by Crippen LogP contribution is -2.27. The number of esters is 2. The van der Waals surface area contributed by atoms with Crippen LogP contribution >= 0.6 is 11.6 Å². The van der Waals surface area contributed by atoms with Gasteiger partial charge in [-0.05, 0) is 24.3 Å². The van der Waals surface area contributed by atoms with Gasteiger partial charge in [0.25, 0.3) is 0 Å². The van der Waals surface area contributed by atoms with Gasteiger partial charge in [-0.3, -0.25) is 0 Å². The topological polar surface area (TPSA) is 76.1 Å². The van der Waals surface area contributed by atoms with Gasteiger partial charge in [-0.15, -0.1) is 0 Å². The van der Waals surface area contributed by atoms with E-state index in [-0.39, 0.29) is 22.0 Å². The van der Waals surface area contributed by atoms with Crippen LogP contribution in [0.3, 0.4) is 0 Å². The van der Waals surface area contributed by atoms with Gasteiger partial charge in [-0.2, -0.15) is 0 Å². The molecular formula is C16H14ClNO5. The third-order valence-corrected chi connectivity index (χ3v) is 3.38. The number of hydrogen-bond acceptors (Lipinski definition) is 6. The molecule has 1 aliphatic heterocycles. The number of allylic oxidation sites excluding steroid dienone is 2. The van der Waals surface area contributed by atoms with Crippen LogP contribution in [0.2, 0.25) is 5.02 Å². The van der Waals surface area contributed by atoms with Crippen molar-refractivity contribution in [2.75, 3.05) is 19.1 Å². The van der Waals surface area contributed by atoms with Crippen LogP contribution in [0.25, 0.3) is 0 Å². The Morgan fingerprint density at radius 3 is 2.43 bits per heavy atom. The molecule has 0 saturated heterocycles. The molecule has 0 saturated carbocycles. The highest BCUT2D eigenvalue weighted by atomic mass is 35.5. The number of nitrogens with zero attached hydrogens (tertiary/aromatic N) is 1. The van der Waals surface area contributed by atoms with E-state index in [9.17, 15) is 14.7 Å². The predicted molar refractivity (Wildman–Crippen MR) is 84.9 cm³/mol. The van der Waals surface area contributed by atoms with E-state index < -0.39 is 11.9 Å². The molecule has 0 radical (unpaired) electrons. The summed E-state index contributed by atoms with van der Waals surface area (Å²) in [5.41, 5.74) is 0.372. The maximum absolute atomic E-state index is 12.2. The highest BCUT2D eigenvalue weighted by Gasteiger charge is 2.28. The Morgan fingerprint density at radius 1 is 1.13 bits per heavy atom. The number of benzene rings is 1. The number of methoxy groups -OCH3 is 2. The Balaban J connectivity index is 2.68. The molecule has 1 aromatic rings. The lowest BCUT2D eigenvalue weighted by atomic mass is 10.1. The van der Waals surface area contributed by atoms with E-state index in [1.54, 1.807) is 18.4 Å². The van der Waals surface area contributed by atoms with Crippen molar-refractivity contribution in [3.63, 3.8) is 0 Å². The molecule has 0 fully saturated rings. The first-order chi connectivity index (χ1) is 11.0. The van der Waals surface area contributed by atoms with Crippen molar-refractivity contribution in [3.8, 4) is 5.75 Å². The lowest BCUT2D eigenvalue weighted by molar-refractivity contribution is -0.139. The van der Waals surface area contributed by atoms with Crippen molar-refractivity contribution >= 4 is 29.2 Å². The minimum Gasteiger partial charge on any atom is -0.508 e. The maximum atomic E-state index is 12.2. The number of rotatable bonds is 3. The second-order valence-corrected chi connectivity index (χ2v) is 4.86. The summed E-state index contributed by atoms with van der Waals surface area (Å²) in [6, 6.07) is 4.26. The van der Waals surface area contributed by atoms with Crippen LogP contribution in [0.5, 0.6) is 5.75 Å². The van der Waals surface area contributed by atoms with E-state index in [0.717, 1.165) is 0 Å². The second-order valence-electron chi connectivity index (χ2n) is 4.45. The number of carbonyl (C=O) groups is 2. The van der Waals surface area contributed by atoms with E-state index in [4.69, 9.17) is 21.1 Å². The SMILES string of the molecule is COC(=O)C1=C(C(=O)OC)N(c2ccc(O)cc2Cl)C=CC=C1. The number of anilines is 1. The summed E-state index contributed by atoms with van der Waals surface area (Å²) in [6.07, 6.45) is 6.21. The average molecular weight is 336 g/mol. The average Bonchev–Trinajstić information content (AvgIpc) is 2.76. The van der Waals surface area contributed by atoms with Gasteiger partial charge in [0, 0.05) is 12.3 Å². The first-order valence-corrected chi connectivity index (χ1v) is 6.91. The van der Waals surface area contributed by atoms with Gasteiger partial charge in [0.2, 0.25) is 0 Å². The standard InChI is InChI=1S/C16H14ClNO5/c1-22-15(20)11-5-3-4-8-18(14(11)16(21)23-2)13-7-6-10(19)9-12(13)17/h3-9,19H,1-2H3. The zero-order valence-corrected chi connectivity index (χ0v) is 13.2. The van der Waals surface area contributed by atoms with Crippen molar-refractivity contribution in [2.45, 2.75) is 0 Å². The molecule has 0 atom stereocenters. The molecule has 0 unspecified atom stereocenters. The molecule has 120 valence electrons. The lowest BCUT2D eigenvalue weighted by Gasteiger charge is -2.24. The minimum atomic E-state index is -0.731. The number of ether oxygens (including phenoxy) is 2. The summed E-state index contributed by atoms with van der Waals surface area (Å²) in [6.45, 7) is 0. The summed E-state index contributed by atoms with van der Waals surface area (Å²) in [7, 11) is 2.42. The first kappa shape index (κ1) is 16.6. The zero-order chi connectivity index (χ0) is 17.0. The quantitative estimate of drug-likeness (QED) is 0.855. The van der Waals surface area contributed by atoms with Crippen molar-refractivity contribution in [3.05, 3.63) is 58.9 Å². The molecule has 1 heterocycles. The zero-order valence-electron chi connectivity index (χ0n) is 12.4. The van der Waals surface area contributed by atoms with Gasteiger partial charge in [0.1, 0.15) is 11.4 Å². The molecule has 1 aromatic carbocycles. The fourth-order valence-electron chi connectivity index (χ4n) is 2.04. The maximum Gasteiger partial charge on any atom is 0.355 e. The number of hydrogen-bond donors (Lipinski definition) is 1. The molecule has 0 spiro atoms. The Morgan fingerprint density at radius 2 is 1.83 bits per heavy atom. The van der Waals surface area contributed by atoms with Crippen molar-refractivity contribution in [1.82, 2.24) is 0 Å². The van der Waals surface area contributed by atoms with Crippen LogP contribution in [-0.4, -0.2) is 31.3 Å². The number of phenols is 1. The van der Waals surface area contributed by atoms with Gasteiger partial charge >= 0.3 is 11.9 Å². The number of halogens is 1. The summed E-state index contributed by atoms with van der Waals surface area (Å²) in [5.74, 6) is -1.44. The van der Waals surface area contributed by atoms with Crippen molar-refractivity contribution in [1.29, 1.82) is 0 Å². The van der Waals surface area contributed by atoms with Crippen LogP contribution in [0.4, 0.5) is 5.69 Å². The van der Waals surface area contributed by atoms with Gasteiger partial charge in [0.05, 0.1) is 30.5 Å². The number of carbonyl (C=O) groups excluding carboxylic acids is 2. The van der Waals surface area contributed by atoms with Crippen molar-refractivity contribution in [2.24, 2.45) is 0 Å². The largest absolute Gasteiger partial charge is 0.508 e. The third-order valence-electron chi connectivity index (χ3n) is 3.08. The van der Waals surface area contributed by atoms with Crippen LogP contribution < -0.4 is 4.90 Å². The Labute approximate surface area is 137 Å². The molecular weight excluding hydrogens is 322 g/mol. The minimum absolute atomic E-state index is 0.0209. The summed E-state index contributed by atoms with van der Waals surface area (Å²) >= 11 is 6.14. The van der Waals surface area contributed by atoms with E-state index in [2.05, 4.69) is 0 Å². The molecule has 0 amide bonds. The third kappa shape index (κ3) is 3.37. The Hall–Kier alpha value is -2.73. The van der Waals surface area contributed by atoms with E-state index >= 15 is 0 Å². The van der Waals surface area contributed by atoms with E-state index in [1.807, 2.05) is 0 Å². The van der Waals surface area contributed by atoms with Gasteiger partial charge in [-0.1, -0.05) is 17.7 Å². The Kier molecular flexibility index (Phi) is 5.08. The molecule has 23 heavy (non-hydrogen) atoms. The molecule has 1 aliphatic rings. The molecule has 1 N–H and O–H groups in total. The van der Waals surface area contributed by atoms with Crippen LogP contribution in [-0.2, 0) is 19.1 Å². The normalized spacial score (nSPS) is 13.8. The van der Waals surface area contributed by atoms with Gasteiger partial charge in [-0.25, -0.2) is 9.59 Å². The smallest absolute Gasteiger partial charge is 0.355 e. The molecule has 6 nitrogen and oxygen atoms in total. The number of aromatic hydroxyl groups is 1. The van der Waals surface area contributed by atoms with Crippen LogP contribution in [0, 0.1) is 0 Å².